The molecule has 1 aliphatic carbocycles. The summed E-state index contributed by atoms with van der Waals surface area (Å²) < 4.78 is 16.6. The third-order valence-corrected chi connectivity index (χ3v) is 3.24. The highest BCUT2D eigenvalue weighted by Crippen LogP contribution is 2.42. The summed E-state index contributed by atoms with van der Waals surface area (Å²) >= 11 is 0. The van der Waals surface area contributed by atoms with Gasteiger partial charge >= 0.3 is 5.97 Å². The number of ether oxygens (including phenoxy) is 3. The molecule has 0 aromatic rings. The van der Waals surface area contributed by atoms with E-state index in [0.29, 0.717) is 13.0 Å². The first-order valence-corrected chi connectivity index (χ1v) is 6.03. The minimum absolute atomic E-state index is 0.0689. The number of hydrogen-bond acceptors (Lipinski definition) is 4. The van der Waals surface area contributed by atoms with Crippen LogP contribution in [0.3, 0.4) is 0 Å². The van der Waals surface area contributed by atoms with Crippen molar-refractivity contribution in [3.8, 4) is 0 Å². The van der Waals surface area contributed by atoms with Crippen molar-refractivity contribution in [2.24, 2.45) is 5.92 Å². The third kappa shape index (κ3) is 2.38. The maximum absolute atomic E-state index is 11.4. The number of rotatable bonds is 3. The van der Waals surface area contributed by atoms with Crippen molar-refractivity contribution in [3.63, 3.8) is 0 Å². The van der Waals surface area contributed by atoms with Gasteiger partial charge in [-0.1, -0.05) is 0 Å². The van der Waals surface area contributed by atoms with Crippen molar-refractivity contribution in [3.05, 3.63) is 0 Å². The second-order valence-corrected chi connectivity index (χ2v) is 4.99. The highest BCUT2D eigenvalue weighted by atomic mass is 16.8. The van der Waals surface area contributed by atoms with Gasteiger partial charge in [0, 0.05) is 0 Å². The highest BCUT2D eigenvalue weighted by molar-refractivity contribution is 5.69. The molecule has 2 unspecified atom stereocenters. The van der Waals surface area contributed by atoms with Gasteiger partial charge in [-0.3, -0.25) is 4.79 Å². The number of esters is 1. The Morgan fingerprint density at radius 3 is 2.81 bits per heavy atom. The standard InChI is InChI=1S/C12H20O4/c1-4-14-10(13)7-8-5-6-9-11(8)16-12(2,3)15-9/h8-9,11H,4-7H2,1-3H3/t8-,9?,11?/m1/s1. The van der Waals surface area contributed by atoms with Crippen LogP contribution in [0.15, 0.2) is 0 Å². The Labute approximate surface area is 96.2 Å². The predicted molar refractivity (Wildman–Crippen MR) is 57.8 cm³/mol. The van der Waals surface area contributed by atoms with Crippen molar-refractivity contribution >= 4 is 5.97 Å². The third-order valence-electron chi connectivity index (χ3n) is 3.24. The van der Waals surface area contributed by atoms with E-state index < -0.39 is 5.79 Å². The number of carbonyl (C=O) groups is 1. The lowest BCUT2D eigenvalue weighted by Gasteiger charge is -2.21. The fraction of sp³-hybridized carbons (Fsp3) is 0.917. The van der Waals surface area contributed by atoms with Gasteiger partial charge in [0.1, 0.15) is 0 Å². The first kappa shape index (κ1) is 11.9. The molecule has 0 radical (unpaired) electrons. The highest BCUT2D eigenvalue weighted by Gasteiger charge is 2.49. The molecular weight excluding hydrogens is 208 g/mol. The molecule has 0 spiro atoms. The van der Waals surface area contributed by atoms with Gasteiger partial charge in [-0.15, -0.1) is 0 Å². The molecule has 0 amide bonds. The van der Waals surface area contributed by atoms with Crippen molar-refractivity contribution in [1.82, 2.24) is 0 Å². The Bertz CT molecular complexity index is 274. The van der Waals surface area contributed by atoms with Gasteiger partial charge in [-0.25, -0.2) is 0 Å². The first-order chi connectivity index (χ1) is 7.52. The molecule has 1 saturated carbocycles. The number of hydrogen-bond donors (Lipinski definition) is 0. The van der Waals surface area contributed by atoms with E-state index in [4.69, 9.17) is 14.2 Å². The minimum atomic E-state index is -0.497. The van der Waals surface area contributed by atoms with Crippen LogP contribution < -0.4 is 0 Å². The van der Waals surface area contributed by atoms with E-state index in [2.05, 4.69) is 0 Å². The van der Waals surface area contributed by atoms with Crippen LogP contribution in [0.4, 0.5) is 0 Å². The second-order valence-electron chi connectivity index (χ2n) is 4.99. The van der Waals surface area contributed by atoms with Gasteiger partial charge in [0.25, 0.3) is 0 Å². The van der Waals surface area contributed by atoms with E-state index in [1.165, 1.54) is 0 Å². The van der Waals surface area contributed by atoms with Crippen LogP contribution in [-0.4, -0.2) is 30.6 Å². The molecule has 2 rings (SSSR count). The molecule has 4 heteroatoms. The van der Waals surface area contributed by atoms with Crippen LogP contribution in [0.1, 0.15) is 40.0 Å². The summed E-state index contributed by atoms with van der Waals surface area (Å²) in [6.07, 6.45) is 2.66. The molecule has 0 N–H and O–H groups in total. The van der Waals surface area contributed by atoms with Gasteiger partial charge in [0.15, 0.2) is 5.79 Å². The van der Waals surface area contributed by atoms with E-state index in [-0.39, 0.29) is 24.1 Å². The molecule has 0 aromatic carbocycles. The molecule has 92 valence electrons. The lowest BCUT2D eigenvalue weighted by atomic mass is 10.0. The van der Waals surface area contributed by atoms with E-state index in [9.17, 15) is 4.79 Å². The fourth-order valence-corrected chi connectivity index (χ4v) is 2.68. The van der Waals surface area contributed by atoms with E-state index in [1.807, 2.05) is 20.8 Å². The predicted octanol–water partition coefficient (Wildman–Crippen LogP) is 1.87. The monoisotopic (exact) mass is 228 g/mol. The maximum Gasteiger partial charge on any atom is 0.306 e. The molecule has 3 atom stereocenters. The molecule has 16 heavy (non-hydrogen) atoms. The Morgan fingerprint density at radius 2 is 2.12 bits per heavy atom. The van der Waals surface area contributed by atoms with Crippen molar-refractivity contribution in [2.75, 3.05) is 6.61 Å². The molecule has 0 aromatic heterocycles. The first-order valence-electron chi connectivity index (χ1n) is 6.03. The van der Waals surface area contributed by atoms with Crippen molar-refractivity contribution in [1.29, 1.82) is 0 Å². The Balaban J connectivity index is 1.91. The SMILES string of the molecule is CCOC(=O)C[C@H]1CCC2OC(C)(C)OC21. The summed E-state index contributed by atoms with van der Waals surface area (Å²) in [5.74, 6) is -0.366. The zero-order valence-corrected chi connectivity index (χ0v) is 10.2. The zero-order valence-electron chi connectivity index (χ0n) is 10.2. The second kappa shape index (κ2) is 4.34. The molecule has 1 saturated heterocycles. The van der Waals surface area contributed by atoms with Crippen LogP contribution in [0, 0.1) is 5.92 Å². The summed E-state index contributed by atoms with van der Waals surface area (Å²) in [5, 5.41) is 0. The molecular formula is C12H20O4. The Kier molecular flexibility index (Phi) is 3.22. The lowest BCUT2D eigenvalue weighted by Crippen LogP contribution is -2.27. The molecule has 0 bridgehead atoms. The van der Waals surface area contributed by atoms with Crippen LogP contribution in [-0.2, 0) is 19.0 Å². The minimum Gasteiger partial charge on any atom is -0.466 e. The lowest BCUT2D eigenvalue weighted by molar-refractivity contribution is -0.160. The van der Waals surface area contributed by atoms with Crippen LogP contribution in [0.25, 0.3) is 0 Å². The van der Waals surface area contributed by atoms with Crippen molar-refractivity contribution < 1.29 is 19.0 Å². The van der Waals surface area contributed by atoms with Gasteiger partial charge < -0.3 is 14.2 Å². The average molecular weight is 228 g/mol. The smallest absolute Gasteiger partial charge is 0.306 e. The van der Waals surface area contributed by atoms with Gasteiger partial charge in [0.05, 0.1) is 25.2 Å². The largest absolute Gasteiger partial charge is 0.466 e. The van der Waals surface area contributed by atoms with E-state index in [0.717, 1.165) is 12.8 Å². The van der Waals surface area contributed by atoms with Gasteiger partial charge in [-0.05, 0) is 39.5 Å². The van der Waals surface area contributed by atoms with Gasteiger partial charge in [-0.2, -0.15) is 0 Å². The zero-order chi connectivity index (χ0) is 11.8. The van der Waals surface area contributed by atoms with Crippen LogP contribution >= 0.6 is 0 Å². The topological polar surface area (TPSA) is 44.8 Å². The Hall–Kier alpha value is -0.610. The molecule has 1 heterocycles. The van der Waals surface area contributed by atoms with E-state index >= 15 is 0 Å². The molecule has 2 aliphatic rings. The maximum atomic E-state index is 11.4. The fourth-order valence-electron chi connectivity index (χ4n) is 2.68. The van der Waals surface area contributed by atoms with E-state index in [1.54, 1.807) is 0 Å². The molecule has 4 nitrogen and oxygen atoms in total. The van der Waals surface area contributed by atoms with Gasteiger partial charge in [0.2, 0.25) is 0 Å². The summed E-state index contributed by atoms with van der Waals surface area (Å²) in [6.45, 7) is 6.12. The number of carbonyl (C=O) groups excluding carboxylic acids is 1. The quantitative estimate of drug-likeness (QED) is 0.692. The van der Waals surface area contributed by atoms with Crippen LogP contribution in [0.2, 0.25) is 0 Å². The summed E-state index contributed by atoms with van der Waals surface area (Å²) in [6, 6.07) is 0. The Morgan fingerprint density at radius 1 is 1.38 bits per heavy atom. The normalized spacial score (nSPS) is 36.1. The van der Waals surface area contributed by atoms with Crippen LogP contribution in [0.5, 0.6) is 0 Å². The molecule has 2 fully saturated rings. The number of fused-ring (bicyclic) bond motifs is 1. The summed E-state index contributed by atoms with van der Waals surface area (Å²) in [7, 11) is 0. The summed E-state index contributed by atoms with van der Waals surface area (Å²) in [4.78, 5) is 11.4. The molecule has 1 aliphatic heterocycles. The average Bonchev–Trinajstić information content (AvgIpc) is 2.64. The van der Waals surface area contributed by atoms with Crippen molar-refractivity contribution in [2.45, 2.75) is 58.0 Å². The summed E-state index contributed by atoms with van der Waals surface area (Å²) in [5.41, 5.74) is 0.